The van der Waals surface area contributed by atoms with Crippen molar-refractivity contribution in [1.29, 1.82) is 0 Å². The molecule has 172 valence electrons. The number of carbonyl (C=O) groups is 2. The fourth-order valence-corrected chi connectivity index (χ4v) is 4.24. The maximum atomic E-state index is 13.4. The smallest absolute Gasteiger partial charge is 0.258 e. The Morgan fingerprint density at radius 2 is 1.62 bits per heavy atom. The van der Waals surface area contributed by atoms with Gasteiger partial charge in [0.25, 0.3) is 11.8 Å². The number of halogens is 3. The van der Waals surface area contributed by atoms with E-state index in [9.17, 15) is 18.4 Å². The monoisotopic (exact) mass is 467 g/mol. The summed E-state index contributed by atoms with van der Waals surface area (Å²) in [5.74, 6) is -1.41. The highest BCUT2D eigenvalue weighted by Gasteiger charge is 2.50. The lowest BCUT2D eigenvalue weighted by Gasteiger charge is -2.53. The Bertz CT molecular complexity index is 1030. The molecule has 2 N–H and O–H groups in total. The minimum atomic E-state index is -0.628. The van der Waals surface area contributed by atoms with Gasteiger partial charge in [0, 0.05) is 17.1 Å². The Kier molecular flexibility index (Phi) is 6.88. The minimum Gasteiger partial charge on any atom is -0.484 e. The number of nitrogens with zero attached hydrogens (tertiary/aromatic N) is 1. The molecule has 2 aromatic rings. The third-order valence-electron chi connectivity index (χ3n) is 5.07. The van der Waals surface area contributed by atoms with E-state index in [1.54, 1.807) is 6.92 Å². The van der Waals surface area contributed by atoms with Gasteiger partial charge in [-0.3, -0.25) is 9.59 Å². The van der Waals surface area contributed by atoms with E-state index in [4.69, 9.17) is 21.1 Å². The molecule has 1 heterocycles. The zero-order valence-corrected chi connectivity index (χ0v) is 18.7. The number of rotatable bonds is 8. The fraction of sp³-hybridized carbons (Fsp3) is 0.409. The van der Waals surface area contributed by atoms with Crippen LogP contribution < -0.4 is 20.1 Å². The number of amides is 2. The third-order valence-corrected chi connectivity index (χ3v) is 5.37. The molecule has 1 fully saturated rings. The Morgan fingerprint density at radius 1 is 1.03 bits per heavy atom. The summed E-state index contributed by atoms with van der Waals surface area (Å²) < 4.78 is 37.2. The molecule has 0 atom stereocenters. The van der Waals surface area contributed by atoms with Crippen LogP contribution in [0.2, 0.25) is 5.02 Å². The van der Waals surface area contributed by atoms with Gasteiger partial charge in [0.2, 0.25) is 5.95 Å². The minimum absolute atomic E-state index is 0.0278. The molecule has 1 aliphatic rings. The van der Waals surface area contributed by atoms with Gasteiger partial charge in [0.05, 0.1) is 10.7 Å². The maximum Gasteiger partial charge on any atom is 0.258 e. The molecule has 0 spiro atoms. The molecule has 1 aromatic carbocycles. The van der Waals surface area contributed by atoms with Crippen LogP contribution >= 0.6 is 11.6 Å². The van der Waals surface area contributed by atoms with Crippen LogP contribution in [0, 0.1) is 18.7 Å². The molecule has 1 aliphatic carbocycles. The first-order valence-corrected chi connectivity index (χ1v) is 10.3. The van der Waals surface area contributed by atoms with E-state index in [-0.39, 0.29) is 35.8 Å². The lowest BCUT2D eigenvalue weighted by molar-refractivity contribution is -0.129. The second kappa shape index (κ2) is 9.28. The van der Waals surface area contributed by atoms with E-state index >= 15 is 0 Å². The van der Waals surface area contributed by atoms with Crippen molar-refractivity contribution in [3.05, 3.63) is 52.8 Å². The highest BCUT2D eigenvalue weighted by atomic mass is 35.5. The Labute approximate surface area is 189 Å². The summed E-state index contributed by atoms with van der Waals surface area (Å²) in [7, 11) is 0. The summed E-state index contributed by atoms with van der Waals surface area (Å²) in [6, 6.07) is 6.52. The molecule has 10 heteroatoms. The summed E-state index contributed by atoms with van der Waals surface area (Å²) in [6.45, 7) is 4.81. The summed E-state index contributed by atoms with van der Waals surface area (Å²) in [4.78, 5) is 28.1. The first kappa shape index (κ1) is 23.7. The normalized spacial score (nSPS) is 21.9. The molecule has 3 rings (SSSR count). The van der Waals surface area contributed by atoms with Gasteiger partial charge in [-0.25, -0.2) is 9.37 Å². The molecule has 0 aliphatic heterocycles. The number of aromatic nitrogens is 1. The first-order chi connectivity index (χ1) is 15.0. The Morgan fingerprint density at radius 3 is 2.19 bits per heavy atom. The fourth-order valence-electron chi connectivity index (χ4n) is 4.12. The summed E-state index contributed by atoms with van der Waals surface area (Å²) >= 11 is 5.62. The molecule has 0 saturated heterocycles. The number of pyridine rings is 1. The van der Waals surface area contributed by atoms with E-state index in [1.807, 2.05) is 13.8 Å². The van der Waals surface area contributed by atoms with Gasteiger partial charge in [-0.1, -0.05) is 11.6 Å². The Hall–Kier alpha value is -2.94. The van der Waals surface area contributed by atoms with Gasteiger partial charge < -0.3 is 20.1 Å². The molecule has 0 bridgehead atoms. The molecule has 1 aromatic heterocycles. The zero-order chi connectivity index (χ0) is 23.5. The van der Waals surface area contributed by atoms with Crippen molar-refractivity contribution in [3.8, 4) is 11.5 Å². The summed E-state index contributed by atoms with van der Waals surface area (Å²) in [6.07, 6.45) is 1.01. The van der Waals surface area contributed by atoms with Gasteiger partial charge >= 0.3 is 0 Å². The molecule has 0 unspecified atom stereocenters. The van der Waals surface area contributed by atoms with Crippen LogP contribution in [0.4, 0.5) is 8.78 Å². The van der Waals surface area contributed by atoms with Crippen molar-refractivity contribution in [1.82, 2.24) is 15.6 Å². The largest absolute Gasteiger partial charge is 0.484 e. The topological polar surface area (TPSA) is 89.5 Å². The van der Waals surface area contributed by atoms with Gasteiger partial charge in [0.1, 0.15) is 17.3 Å². The van der Waals surface area contributed by atoms with Crippen LogP contribution in [0.1, 0.15) is 32.4 Å². The van der Waals surface area contributed by atoms with E-state index < -0.39 is 22.8 Å². The quantitative estimate of drug-likeness (QED) is 0.581. The molecule has 32 heavy (non-hydrogen) atoms. The number of ether oxygens (including phenoxy) is 2. The van der Waals surface area contributed by atoms with E-state index in [1.165, 1.54) is 18.2 Å². The number of aryl methyl sites for hydroxylation is 1. The van der Waals surface area contributed by atoms with E-state index in [0.717, 1.165) is 12.1 Å². The number of hydrogen-bond donors (Lipinski definition) is 2. The van der Waals surface area contributed by atoms with Crippen molar-refractivity contribution in [3.63, 3.8) is 0 Å². The van der Waals surface area contributed by atoms with Crippen molar-refractivity contribution < 1.29 is 27.8 Å². The molecule has 7 nitrogen and oxygen atoms in total. The first-order valence-electron chi connectivity index (χ1n) is 9.93. The average Bonchev–Trinajstić information content (AvgIpc) is 2.66. The molecular weight excluding hydrogens is 444 g/mol. The van der Waals surface area contributed by atoms with Crippen molar-refractivity contribution in [2.45, 2.75) is 44.7 Å². The van der Waals surface area contributed by atoms with Crippen molar-refractivity contribution in [2.75, 3.05) is 13.2 Å². The lowest BCUT2D eigenvalue weighted by atomic mass is 9.64. The molecule has 2 amide bonds. The standard InChI is InChI=1S/C22H24ClF2N3O4/c1-13-17(6-7-18(25)26-13)32-10-20(30)28-22(3)11-21(2,12-22)27-19(29)9-31-14-4-5-15(23)16(24)8-14/h4-8H,9-12H2,1-3H3,(H,27,29)(H,28,30). The Balaban J connectivity index is 1.42. The van der Waals surface area contributed by atoms with Gasteiger partial charge in [-0.2, -0.15) is 4.39 Å². The predicted molar refractivity (Wildman–Crippen MR) is 114 cm³/mol. The number of hydrogen-bond acceptors (Lipinski definition) is 5. The van der Waals surface area contributed by atoms with Crippen molar-refractivity contribution in [2.24, 2.45) is 0 Å². The number of benzene rings is 1. The maximum absolute atomic E-state index is 13.4. The van der Waals surface area contributed by atoms with Crippen LogP contribution in [-0.4, -0.2) is 41.1 Å². The summed E-state index contributed by atoms with van der Waals surface area (Å²) in [5.41, 5.74) is -0.684. The highest BCUT2D eigenvalue weighted by molar-refractivity contribution is 6.30. The van der Waals surface area contributed by atoms with Gasteiger partial charge in [0.15, 0.2) is 13.2 Å². The third kappa shape index (κ3) is 6.06. The van der Waals surface area contributed by atoms with Crippen LogP contribution in [0.15, 0.2) is 30.3 Å². The van der Waals surface area contributed by atoms with E-state index in [0.29, 0.717) is 24.3 Å². The molecule has 0 radical (unpaired) electrons. The van der Waals surface area contributed by atoms with Crippen LogP contribution in [-0.2, 0) is 9.59 Å². The van der Waals surface area contributed by atoms with Crippen LogP contribution in [0.3, 0.4) is 0 Å². The average molecular weight is 468 g/mol. The summed E-state index contributed by atoms with van der Waals surface area (Å²) in [5, 5.41) is 5.75. The SMILES string of the molecule is Cc1nc(F)ccc1OCC(=O)NC1(C)CC(C)(NC(=O)COc2ccc(Cl)c(F)c2)C1. The number of carbonyl (C=O) groups excluding carboxylic acids is 2. The highest BCUT2D eigenvalue weighted by Crippen LogP contribution is 2.40. The van der Waals surface area contributed by atoms with E-state index in [2.05, 4.69) is 15.6 Å². The van der Waals surface area contributed by atoms with Gasteiger partial charge in [-0.15, -0.1) is 0 Å². The van der Waals surface area contributed by atoms with Crippen molar-refractivity contribution >= 4 is 23.4 Å². The lowest BCUT2D eigenvalue weighted by Crippen LogP contribution is -2.69. The molecular formula is C22H24ClF2N3O4. The predicted octanol–water partition coefficient (Wildman–Crippen LogP) is 3.32. The number of nitrogens with one attached hydrogen (secondary N) is 2. The van der Waals surface area contributed by atoms with Crippen LogP contribution in [0.25, 0.3) is 0 Å². The second-order valence-electron chi connectivity index (χ2n) is 8.44. The van der Waals surface area contributed by atoms with Crippen LogP contribution in [0.5, 0.6) is 11.5 Å². The molecule has 1 saturated carbocycles. The van der Waals surface area contributed by atoms with Gasteiger partial charge in [-0.05, 0) is 57.9 Å². The zero-order valence-electron chi connectivity index (χ0n) is 17.9. The second-order valence-corrected chi connectivity index (χ2v) is 8.85.